The minimum absolute atomic E-state index is 0.919. The molecule has 0 N–H and O–H groups in total. The van der Waals surface area contributed by atoms with Crippen LogP contribution in [0.5, 0.6) is 0 Å². The van der Waals surface area contributed by atoms with Crippen molar-refractivity contribution in [2.24, 2.45) is 0 Å². The largest absolute Gasteiger partial charge is 0.465 e. The molecule has 0 amide bonds. The lowest BCUT2D eigenvalue weighted by Gasteiger charge is -2.06. The number of unbranched alkanes of at least 4 members (excludes halogenated alkanes) is 1. The molecule has 0 saturated heterocycles. The Bertz CT molecular complexity index is 522. The molecule has 0 atom stereocenters. The Morgan fingerprint density at radius 1 is 1.00 bits per heavy atom. The van der Waals surface area contributed by atoms with Crippen LogP contribution in [0.15, 0.2) is 34.7 Å². The van der Waals surface area contributed by atoms with Crippen LogP contribution in [0.3, 0.4) is 0 Å². The molecule has 0 aliphatic heterocycles. The summed E-state index contributed by atoms with van der Waals surface area (Å²) in [4.78, 5) is 0. The van der Waals surface area contributed by atoms with Gasteiger partial charge in [0.25, 0.3) is 0 Å². The van der Waals surface area contributed by atoms with Crippen molar-refractivity contribution in [1.29, 1.82) is 0 Å². The first-order chi connectivity index (χ1) is 10.2. The second kappa shape index (κ2) is 9.44. The quantitative estimate of drug-likeness (QED) is 0.624. The molecule has 0 aliphatic carbocycles. The number of hydrogen-bond acceptors (Lipinski definition) is 1. The summed E-state index contributed by atoms with van der Waals surface area (Å²) in [6.45, 7) is 10.6. The third-order valence-corrected chi connectivity index (χ3v) is 3.70. The van der Waals surface area contributed by atoms with Crippen LogP contribution >= 0.6 is 0 Å². The smallest absolute Gasteiger partial charge is 0.111 e. The summed E-state index contributed by atoms with van der Waals surface area (Å²) in [7, 11) is 0. The van der Waals surface area contributed by atoms with Crippen LogP contribution in [0, 0.1) is 6.92 Å². The fourth-order valence-corrected chi connectivity index (χ4v) is 2.49. The van der Waals surface area contributed by atoms with Gasteiger partial charge in [-0.1, -0.05) is 58.4 Å². The van der Waals surface area contributed by atoms with Crippen LogP contribution in [-0.4, -0.2) is 0 Å². The summed E-state index contributed by atoms with van der Waals surface area (Å²) in [5.41, 5.74) is 4.11. The normalized spacial score (nSPS) is 10.1. The molecule has 2 rings (SSSR count). The predicted octanol–water partition coefficient (Wildman–Crippen LogP) is 6.11. The Hall–Kier alpha value is -1.50. The second-order valence-electron chi connectivity index (χ2n) is 5.22. The Morgan fingerprint density at radius 3 is 2.29 bits per heavy atom. The van der Waals surface area contributed by atoms with Crippen LogP contribution in [0.2, 0.25) is 0 Å². The van der Waals surface area contributed by atoms with Crippen LogP contribution in [0.1, 0.15) is 68.7 Å². The summed E-state index contributed by atoms with van der Waals surface area (Å²) >= 11 is 0. The van der Waals surface area contributed by atoms with Crippen molar-refractivity contribution in [2.45, 2.75) is 66.7 Å². The molecule has 1 heterocycles. The SMILES string of the molecule is CC.CCCCc1cc(C)c(Cc2ccccc2CC)o1. The maximum absolute atomic E-state index is 6.02. The van der Waals surface area contributed by atoms with Gasteiger partial charge in [-0.25, -0.2) is 0 Å². The van der Waals surface area contributed by atoms with Crippen molar-refractivity contribution in [3.63, 3.8) is 0 Å². The number of rotatable bonds is 6. The van der Waals surface area contributed by atoms with E-state index < -0.39 is 0 Å². The molecule has 0 saturated carbocycles. The molecule has 0 spiro atoms. The molecule has 2 aromatic rings. The van der Waals surface area contributed by atoms with Crippen molar-refractivity contribution >= 4 is 0 Å². The van der Waals surface area contributed by atoms with Gasteiger partial charge in [-0.3, -0.25) is 0 Å². The lowest BCUT2D eigenvalue weighted by molar-refractivity contribution is 0.464. The fraction of sp³-hybridized carbons (Fsp3) is 0.500. The van der Waals surface area contributed by atoms with E-state index in [0.717, 1.165) is 30.8 Å². The van der Waals surface area contributed by atoms with Crippen molar-refractivity contribution < 1.29 is 4.42 Å². The molecular weight excluding hydrogens is 256 g/mol. The van der Waals surface area contributed by atoms with Crippen molar-refractivity contribution in [3.8, 4) is 0 Å². The van der Waals surface area contributed by atoms with Gasteiger partial charge in [0.05, 0.1) is 0 Å². The number of benzene rings is 1. The third kappa shape index (κ3) is 5.08. The summed E-state index contributed by atoms with van der Waals surface area (Å²) in [5, 5.41) is 0. The Kier molecular flexibility index (Phi) is 7.89. The summed E-state index contributed by atoms with van der Waals surface area (Å²) in [6, 6.07) is 10.9. The van der Waals surface area contributed by atoms with E-state index in [0.29, 0.717) is 0 Å². The lowest BCUT2D eigenvalue weighted by atomic mass is 10.0. The molecule has 116 valence electrons. The van der Waals surface area contributed by atoms with E-state index in [-0.39, 0.29) is 0 Å². The predicted molar refractivity (Wildman–Crippen MR) is 92.0 cm³/mol. The van der Waals surface area contributed by atoms with E-state index in [1.807, 2.05) is 13.8 Å². The Balaban J connectivity index is 0.00000106. The van der Waals surface area contributed by atoms with Gasteiger partial charge in [0.15, 0.2) is 0 Å². The number of furan rings is 1. The topological polar surface area (TPSA) is 13.1 Å². The Morgan fingerprint density at radius 2 is 1.67 bits per heavy atom. The van der Waals surface area contributed by atoms with Crippen LogP contribution < -0.4 is 0 Å². The first-order valence-corrected chi connectivity index (χ1v) is 8.39. The molecule has 21 heavy (non-hydrogen) atoms. The molecule has 0 radical (unpaired) electrons. The van der Waals surface area contributed by atoms with Crippen LogP contribution in [0.4, 0.5) is 0 Å². The average molecular weight is 286 g/mol. The molecule has 0 bridgehead atoms. The highest BCUT2D eigenvalue weighted by atomic mass is 16.3. The minimum Gasteiger partial charge on any atom is -0.465 e. The molecule has 1 aromatic carbocycles. The van der Waals surface area contributed by atoms with Crippen molar-refractivity contribution in [1.82, 2.24) is 0 Å². The monoisotopic (exact) mass is 286 g/mol. The lowest BCUT2D eigenvalue weighted by Crippen LogP contribution is -1.94. The van der Waals surface area contributed by atoms with Gasteiger partial charge >= 0.3 is 0 Å². The molecule has 1 aromatic heterocycles. The molecule has 0 aliphatic rings. The summed E-state index contributed by atoms with van der Waals surface area (Å²) in [6.07, 6.45) is 5.49. The van der Waals surface area contributed by atoms with Crippen LogP contribution in [-0.2, 0) is 19.3 Å². The second-order valence-corrected chi connectivity index (χ2v) is 5.22. The van der Waals surface area contributed by atoms with E-state index in [9.17, 15) is 0 Å². The molecule has 1 heteroatoms. The van der Waals surface area contributed by atoms with Gasteiger partial charge in [-0.2, -0.15) is 0 Å². The highest BCUT2D eigenvalue weighted by molar-refractivity contribution is 5.33. The first-order valence-electron chi connectivity index (χ1n) is 8.39. The maximum Gasteiger partial charge on any atom is 0.111 e. The zero-order valence-electron chi connectivity index (χ0n) is 14.3. The average Bonchev–Trinajstić information content (AvgIpc) is 2.88. The zero-order valence-corrected chi connectivity index (χ0v) is 14.3. The van der Waals surface area contributed by atoms with Crippen molar-refractivity contribution in [2.75, 3.05) is 0 Å². The summed E-state index contributed by atoms with van der Waals surface area (Å²) in [5.74, 6) is 2.27. The number of aryl methyl sites for hydroxylation is 3. The van der Waals surface area contributed by atoms with Gasteiger partial charge in [-0.05, 0) is 42.5 Å². The van der Waals surface area contributed by atoms with Crippen LogP contribution in [0.25, 0.3) is 0 Å². The van der Waals surface area contributed by atoms with E-state index in [1.165, 1.54) is 29.5 Å². The molecular formula is C20H30O. The standard InChI is InChI=1S/C18H24O.C2H6/c1-4-6-11-17-12-14(3)18(19-17)13-16-10-8-7-9-15(16)5-2;1-2/h7-10,12H,4-6,11,13H2,1-3H3;1-2H3. The van der Waals surface area contributed by atoms with E-state index >= 15 is 0 Å². The molecule has 0 unspecified atom stereocenters. The van der Waals surface area contributed by atoms with E-state index in [4.69, 9.17) is 4.42 Å². The van der Waals surface area contributed by atoms with Gasteiger partial charge in [0, 0.05) is 12.8 Å². The number of hydrogen-bond donors (Lipinski definition) is 0. The molecule has 0 fully saturated rings. The highest BCUT2D eigenvalue weighted by Crippen LogP contribution is 2.22. The van der Waals surface area contributed by atoms with Gasteiger partial charge in [0.2, 0.25) is 0 Å². The van der Waals surface area contributed by atoms with Gasteiger partial charge in [-0.15, -0.1) is 0 Å². The molecule has 1 nitrogen and oxygen atoms in total. The van der Waals surface area contributed by atoms with Gasteiger partial charge < -0.3 is 4.42 Å². The van der Waals surface area contributed by atoms with Crippen molar-refractivity contribution in [3.05, 3.63) is 58.5 Å². The zero-order chi connectivity index (χ0) is 15.7. The van der Waals surface area contributed by atoms with Gasteiger partial charge in [0.1, 0.15) is 11.5 Å². The maximum atomic E-state index is 6.02. The van der Waals surface area contributed by atoms with E-state index in [2.05, 4.69) is 51.1 Å². The highest BCUT2D eigenvalue weighted by Gasteiger charge is 2.10. The Labute approximate surface area is 130 Å². The summed E-state index contributed by atoms with van der Waals surface area (Å²) < 4.78 is 6.02. The third-order valence-electron chi connectivity index (χ3n) is 3.70. The first kappa shape index (κ1) is 17.6. The minimum atomic E-state index is 0.919. The fourth-order valence-electron chi connectivity index (χ4n) is 2.49. The van der Waals surface area contributed by atoms with E-state index in [1.54, 1.807) is 0 Å².